The number of nitrogens with zero attached hydrogens (tertiary/aromatic N) is 2. The van der Waals surface area contributed by atoms with Gasteiger partial charge in [-0.05, 0) is 31.1 Å². The number of carbonyl (C=O) groups excluding carboxylic acids is 2. The number of amides is 2. The van der Waals surface area contributed by atoms with Crippen molar-refractivity contribution in [3.63, 3.8) is 0 Å². The summed E-state index contributed by atoms with van der Waals surface area (Å²) >= 11 is 0. The standard InChI is InChI=1S/C18H21N3O2/c1-11-7-8-19-10-13(11)16(22)20-12-5-6-14-15(9-12)21(4)17(23)18(14,2)3/h5,7-10,14H,6H2,1-4H3,(H,20,22). The Morgan fingerprint density at radius 3 is 2.87 bits per heavy atom. The minimum atomic E-state index is -0.396. The number of pyridine rings is 1. The number of likely N-dealkylation sites (tertiary alicyclic amines) is 1. The molecule has 1 aromatic heterocycles. The van der Waals surface area contributed by atoms with E-state index in [4.69, 9.17) is 0 Å². The van der Waals surface area contributed by atoms with Gasteiger partial charge in [0.15, 0.2) is 0 Å². The van der Waals surface area contributed by atoms with Crippen molar-refractivity contribution < 1.29 is 9.59 Å². The van der Waals surface area contributed by atoms with Crippen molar-refractivity contribution in [1.82, 2.24) is 15.2 Å². The summed E-state index contributed by atoms with van der Waals surface area (Å²) in [6.45, 7) is 5.84. The van der Waals surface area contributed by atoms with Crippen LogP contribution in [0.1, 0.15) is 36.2 Å². The van der Waals surface area contributed by atoms with Crippen molar-refractivity contribution in [3.05, 3.63) is 53.1 Å². The van der Waals surface area contributed by atoms with Crippen LogP contribution in [0, 0.1) is 18.3 Å². The van der Waals surface area contributed by atoms with Crippen LogP contribution in [0.3, 0.4) is 0 Å². The van der Waals surface area contributed by atoms with E-state index in [9.17, 15) is 9.59 Å². The number of fused-ring (bicyclic) bond motifs is 1. The molecule has 0 spiro atoms. The number of aryl methyl sites for hydroxylation is 1. The maximum Gasteiger partial charge on any atom is 0.257 e. The summed E-state index contributed by atoms with van der Waals surface area (Å²) in [5.41, 5.74) is 2.76. The summed E-state index contributed by atoms with van der Waals surface area (Å²) in [7, 11) is 1.80. The third-order valence-electron chi connectivity index (χ3n) is 4.89. The Labute approximate surface area is 136 Å². The predicted molar refractivity (Wildman–Crippen MR) is 87.3 cm³/mol. The van der Waals surface area contributed by atoms with Crippen LogP contribution in [-0.2, 0) is 4.79 Å². The maximum absolute atomic E-state index is 12.4. The minimum Gasteiger partial charge on any atom is -0.322 e. The van der Waals surface area contributed by atoms with Gasteiger partial charge in [-0.2, -0.15) is 0 Å². The number of hydrogen-bond donors (Lipinski definition) is 1. The van der Waals surface area contributed by atoms with Crippen LogP contribution < -0.4 is 5.32 Å². The van der Waals surface area contributed by atoms with Crippen molar-refractivity contribution in [3.8, 4) is 0 Å². The second-order valence-corrected chi connectivity index (χ2v) is 6.75. The van der Waals surface area contributed by atoms with Gasteiger partial charge in [0.1, 0.15) is 0 Å². The molecule has 1 unspecified atom stereocenters. The van der Waals surface area contributed by atoms with Crippen LogP contribution in [0.2, 0.25) is 0 Å². The van der Waals surface area contributed by atoms with E-state index >= 15 is 0 Å². The van der Waals surface area contributed by atoms with E-state index in [1.165, 1.54) is 0 Å². The quantitative estimate of drug-likeness (QED) is 0.912. The van der Waals surface area contributed by atoms with E-state index in [0.29, 0.717) is 5.56 Å². The molecule has 1 atom stereocenters. The smallest absolute Gasteiger partial charge is 0.257 e. The molecule has 0 aromatic carbocycles. The van der Waals surface area contributed by atoms with Crippen molar-refractivity contribution in [2.45, 2.75) is 27.2 Å². The SMILES string of the molecule is Cc1ccncc1C(=O)NC1=CCC2C(=C1)N(C)C(=O)C2(C)C. The molecule has 3 rings (SSSR count). The number of nitrogens with one attached hydrogen (secondary N) is 1. The fourth-order valence-corrected chi connectivity index (χ4v) is 3.37. The largest absolute Gasteiger partial charge is 0.322 e. The molecule has 0 saturated carbocycles. The van der Waals surface area contributed by atoms with E-state index in [0.717, 1.165) is 23.4 Å². The van der Waals surface area contributed by atoms with Gasteiger partial charge in [0.05, 0.1) is 11.0 Å². The monoisotopic (exact) mass is 311 g/mol. The zero-order valence-corrected chi connectivity index (χ0v) is 13.9. The molecule has 1 fully saturated rings. The van der Waals surface area contributed by atoms with E-state index in [-0.39, 0.29) is 17.7 Å². The molecule has 1 N–H and O–H groups in total. The van der Waals surface area contributed by atoms with Crippen LogP contribution >= 0.6 is 0 Å². The molecular weight excluding hydrogens is 290 g/mol. The Bertz CT molecular complexity index is 746. The third-order valence-corrected chi connectivity index (χ3v) is 4.89. The van der Waals surface area contributed by atoms with Crippen LogP contribution in [0.5, 0.6) is 0 Å². The third kappa shape index (κ3) is 2.46. The molecule has 120 valence electrons. The molecule has 2 aliphatic rings. The van der Waals surface area contributed by atoms with Crippen molar-refractivity contribution >= 4 is 11.8 Å². The summed E-state index contributed by atoms with van der Waals surface area (Å²) < 4.78 is 0. The predicted octanol–water partition coefficient (Wildman–Crippen LogP) is 2.41. The summed E-state index contributed by atoms with van der Waals surface area (Å²) in [5, 5.41) is 2.92. The maximum atomic E-state index is 12.4. The first-order chi connectivity index (χ1) is 10.8. The Morgan fingerprint density at radius 2 is 2.17 bits per heavy atom. The molecular formula is C18H21N3O2. The van der Waals surface area contributed by atoms with Gasteiger partial charge in [0.25, 0.3) is 5.91 Å². The molecule has 5 nitrogen and oxygen atoms in total. The molecule has 2 amide bonds. The van der Waals surface area contributed by atoms with Gasteiger partial charge in [0.2, 0.25) is 5.91 Å². The number of aromatic nitrogens is 1. The van der Waals surface area contributed by atoms with Crippen molar-refractivity contribution in [2.75, 3.05) is 7.05 Å². The van der Waals surface area contributed by atoms with Gasteiger partial charge in [-0.1, -0.05) is 19.9 Å². The van der Waals surface area contributed by atoms with E-state index in [1.54, 1.807) is 24.3 Å². The molecule has 1 aromatic rings. The topological polar surface area (TPSA) is 62.3 Å². The lowest BCUT2D eigenvalue weighted by molar-refractivity contribution is -0.133. The van der Waals surface area contributed by atoms with E-state index < -0.39 is 5.41 Å². The second-order valence-electron chi connectivity index (χ2n) is 6.75. The number of hydrogen-bond acceptors (Lipinski definition) is 3. The molecule has 0 bridgehead atoms. The average molecular weight is 311 g/mol. The van der Waals surface area contributed by atoms with Gasteiger partial charge in [-0.25, -0.2) is 0 Å². The summed E-state index contributed by atoms with van der Waals surface area (Å²) in [6.07, 6.45) is 7.88. The molecule has 0 radical (unpaired) electrons. The van der Waals surface area contributed by atoms with Crippen LogP contribution in [-0.4, -0.2) is 28.7 Å². The lowest BCUT2D eigenvalue weighted by atomic mass is 9.76. The Morgan fingerprint density at radius 1 is 1.43 bits per heavy atom. The highest BCUT2D eigenvalue weighted by Gasteiger charge is 2.49. The van der Waals surface area contributed by atoms with Gasteiger partial charge in [-0.3, -0.25) is 14.6 Å². The fraction of sp³-hybridized carbons (Fsp3) is 0.389. The van der Waals surface area contributed by atoms with Crippen molar-refractivity contribution in [2.24, 2.45) is 11.3 Å². The molecule has 5 heteroatoms. The van der Waals surface area contributed by atoms with Gasteiger partial charge in [-0.15, -0.1) is 0 Å². The average Bonchev–Trinajstić information content (AvgIpc) is 2.68. The van der Waals surface area contributed by atoms with Gasteiger partial charge >= 0.3 is 0 Å². The number of rotatable bonds is 2. The van der Waals surface area contributed by atoms with Crippen molar-refractivity contribution in [1.29, 1.82) is 0 Å². The molecule has 1 aliphatic carbocycles. The number of allylic oxidation sites excluding steroid dienone is 3. The Kier molecular flexibility index (Phi) is 3.59. The molecule has 23 heavy (non-hydrogen) atoms. The normalized spacial score (nSPS) is 22.3. The first-order valence-corrected chi connectivity index (χ1v) is 7.74. The van der Waals surface area contributed by atoms with Crippen LogP contribution in [0.4, 0.5) is 0 Å². The highest BCUT2D eigenvalue weighted by atomic mass is 16.2. The Hall–Kier alpha value is -2.43. The van der Waals surface area contributed by atoms with E-state index in [2.05, 4.69) is 10.3 Å². The van der Waals surface area contributed by atoms with Gasteiger partial charge in [0, 0.05) is 36.8 Å². The second kappa shape index (κ2) is 5.33. The first-order valence-electron chi connectivity index (χ1n) is 7.74. The molecule has 1 saturated heterocycles. The van der Waals surface area contributed by atoms with Gasteiger partial charge < -0.3 is 10.2 Å². The fourth-order valence-electron chi connectivity index (χ4n) is 3.37. The first kappa shape index (κ1) is 15.5. The highest BCUT2D eigenvalue weighted by molar-refractivity contribution is 5.96. The van der Waals surface area contributed by atoms with E-state index in [1.807, 2.05) is 39.0 Å². The number of carbonyl (C=O) groups is 2. The lowest BCUT2D eigenvalue weighted by Crippen LogP contribution is -2.29. The highest BCUT2D eigenvalue weighted by Crippen LogP contribution is 2.46. The van der Waals surface area contributed by atoms with Crippen LogP contribution in [0.15, 0.2) is 42.0 Å². The van der Waals surface area contributed by atoms with Crippen LogP contribution in [0.25, 0.3) is 0 Å². The minimum absolute atomic E-state index is 0.123. The summed E-state index contributed by atoms with van der Waals surface area (Å²) in [5.74, 6) is 0.113. The summed E-state index contributed by atoms with van der Waals surface area (Å²) in [6, 6.07) is 1.81. The molecule has 1 aliphatic heterocycles. The summed E-state index contributed by atoms with van der Waals surface area (Å²) in [4.78, 5) is 30.5. The zero-order chi connectivity index (χ0) is 16.8. The zero-order valence-electron chi connectivity index (χ0n) is 13.9. The lowest BCUT2D eigenvalue weighted by Gasteiger charge is -2.25. The molecule has 2 heterocycles. The Balaban J connectivity index is 1.82.